The number of benzene rings is 2. The molecule has 0 spiro atoms. The zero-order valence-corrected chi connectivity index (χ0v) is 13.0. The van der Waals surface area contributed by atoms with Gasteiger partial charge in [0.2, 0.25) is 0 Å². The van der Waals surface area contributed by atoms with Crippen LogP contribution in [-0.4, -0.2) is 11.4 Å². The lowest BCUT2D eigenvalue weighted by Crippen LogP contribution is -1.91. The summed E-state index contributed by atoms with van der Waals surface area (Å²) in [6.07, 6.45) is 1.50. The van der Waals surface area contributed by atoms with E-state index >= 15 is 0 Å². The Kier molecular flexibility index (Phi) is 5.44. The van der Waals surface area contributed by atoms with Crippen molar-refractivity contribution in [2.24, 2.45) is 10.2 Å². The summed E-state index contributed by atoms with van der Waals surface area (Å²) in [6.45, 7) is 0. The van der Waals surface area contributed by atoms with Crippen molar-refractivity contribution < 1.29 is 0 Å². The Morgan fingerprint density at radius 3 is 2.40 bits per heavy atom. The maximum absolute atomic E-state index is 6.04. The highest BCUT2D eigenvalue weighted by Gasteiger charge is 2.04. The summed E-state index contributed by atoms with van der Waals surface area (Å²) in [7, 11) is 0. The Labute approximate surface area is 136 Å². The molecule has 0 amide bonds. The average Bonchev–Trinajstić information content (AvgIpc) is 2.41. The molecule has 0 bridgehead atoms. The molecular weight excluding hydrogens is 338 g/mol. The summed E-state index contributed by atoms with van der Waals surface area (Å²) in [4.78, 5) is 0. The first-order valence-corrected chi connectivity index (χ1v) is 7.05. The summed E-state index contributed by atoms with van der Waals surface area (Å²) >= 11 is 23.9. The van der Waals surface area contributed by atoms with E-state index in [0.717, 1.165) is 0 Å². The molecule has 2 aromatic carbocycles. The van der Waals surface area contributed by atoms with Crippen LogP contribution in [0.25, 0.3) is 0 Å². The van der Waals surface area contributed by atoms with Gasteiger partial charge in [-0.2, -0.15) is 5.10 Å². The molecule has 0 unspecified atom stereocenters. The van der Waals surface area contributed by atoms with Gasteiger partial charge >= 0.3 is 0 Å². The van der Waals surface area contributed by atoms with E-state index in [1.807, 2.05) is 12.1 Å². The molecule has 6 heteroatoms. The zero-order chi connectivity index (χ0) is 14.5. The molecule has 2 rings (SSSR count). The third-order valence-corrected chi connectivity index (χ3v) is 3.57. The standard InChI is InChI=1S/C14H8Cl4N2/c15-10-6-5-9(13(17)7-10)8-19-20-14(18)11-3-1-2-4-12(11)16/h1-8H. The summed E-state index contributed by atoms with van der Waals surface area (Å²) in [6, 6.07) is 12.2. The molecule has 0 heterocycles. The van der Waals surface area contributed by atoms with Gasteiger partial charge < -0.3 is 0 Å². The fourth-order valence-electron chi connectivity index (χ4n) is 1.43. The van der Waals surface area contributed by atoms with Crippen LogP contribution < -0.4 is 0 Å². The Bertz CT molecular complexity index is 681. The van der Waals surface area contributed by atoms with E-state index < -0.39 is 0 Å². The van der Waals surface area contributed by atoms with Crippen LogP contribution in [0.3, 0.4) is 0 Å². The lowest BCUT2D eigenvalue weighted by molar-refractivity contribution is 1.26. The van der Waals surface area contributed by atoms with Gasteiger partial charge in [0.1, 0.15) is 0 Å². The minimum atomic E-state index is 0.205. The zero-order valence-electron chi connectivity index (χ0n) is 10.0. The van der Waals surface area contributed by atoms with Gasteiger partial charge in [-0.25, -0.2) is 0 Å². The molecule has 0 aliphatic heterocycles. The fraction of sp³-hybridized carbons (Fsp3) is 0. The highest BCUT2D eigenvalue weighted by Crippen LogP contribution is 2.20. The molecule has 102 valence electrons. The number of hydrogen-bond donors (Lipinski definition) is 0. The summed E-state index contributed by atoms with van der Waals surface area (Å²) < 4.78 is 0. The van der Waals surface area contributed by atoms with Crippen LogP contribution in [0.1, 0.15) is 11.1 Å². The number of nitrogens with zero attached hydrogens (tertiary/aromatic N) is 2. The van der Waals surface area contributed by atoms with Crippen LogP contribution in [0.5, 0.6) is 0 Å². The van der Waals surface area contributed by atoms with Crippen LogP contribution >= 0.6 is 46.4 Å². The maximum atomic E-state index is 6.04. The number of rotatable bonds is 3. The smallest absolute Gasteiger partial charge is 0.157 e. The first-order chi connectivity index (χ1) is 9.58. The number of hydrogen-bond acceptors (Lipinski definition) is 2. The van der Waals surface area contributed by atoms with Crippen molar-refractivity contribution in [1.82, 2.24) is 0 Å². The summed E-state index contributed by atoms with van der Waals surface area (Å²) in [5.74, 6) is 0. The first-order valence-electron chi connectivity index (χ1n) is 5.54. The maximum Gasteiger partial charge on any atom is 0.160 e. The molecule has 0 saturated heterocycles. The topological polar surface area (TPSA) is 24.7 Å². The van der Waals surface area contributed by atoms with Gasteiger partial charge in [-0.05, 0) is 18.2 Å². The van der Waals surface area contributed by atoms with E-state index in [0.29, 0.717) is 26.2 Å². The van der Waals surface area contributed by atoms with Gasteiger partial charge in [0.15, 0.2) is 5.17 Å². The van der Waals surface area contributed by atoms with Crippen molar-refractivity contribution in [3.8, 4) is 0 Å². The van der Waals surface area contributed by atoms with Gasteiger partial charge in [0, 0.05) is 16.1 Å². The molecule has 0 saturated carbocycles. The molecule has 0 atom stereocenters. The van der Waals surface area contributed by atoms with Crippen molar-refractivity contribution in [1.29, 1.82) is 0 Å². The minimum absolute atomic E-state index is 0.205. The minimum Gasteiger partial charge on any atom is -0.157 e. The van der Waals surface area contributed by atoms with Crippen molar-refractivity contribution in [2.45, 2.75) is 0 Å². The second-order valence-electron chi connectivity index (χ2n) is 3.78. The summed E-state index contributed by atoms with van der Waals surface area (Å²) in [5.41, 5.74) is 1.32. The largest absolute Gasteiger partial charge is 0.160 e. The molecule has 0 aliphatic carbocycles. The van der Waals surface area contributed by atoms with E-state index in [-0.39, 0.29) is 5.17 Å². The van der Waals surface area contributed by atoms with Crippen LogP contribution in [0.4, 0.5) is 0 Å². The van der Waals surface area contributed by atoms with E-state index in [2.05, 4.69) is 10.2 Å². The van der Waals surface area contributed by atoms with Crippen molar-refractivity contribution in [3.63, 3.8) is 0 Å². The Balaban J connectivity index is 2.20. The molecule has 20 heavy (non-hydrogen) atoms. The summed E-state index contributed by atoms with van der Waals surface area (Å²) in [5, 5.41) is 9.56. The van der Waals surface area contributed by atoms with Gasteiger partial charge in [0.05, 0.1) is 16.3 Å². The van der Waals surface area contributed by atoms with E-state index in [4.69, 9.17) is 46.4 Å². The van der Waals surface area contributed by atoms with Crippen molar-refractivity contribution in [2.75, 3.05) is 0 Å². The Hall–Kier alpha value is -1.06. The number of halogens is 4. The predicted molar refractivity (Wildman–Crippen MR) is 87.9 cm³/mol. The van der Waals surface area contributed by atoms with E-state index in [9.17, 15) is 0 Å². The Morgan fingerprint density at radius 2 is 1.70 bits per heavy atom. The third kappa shape index (κ3) is 3.97. The van der Waals surface area contributed by atoms with Gasteiger partial charge in [-0.3, -0.25) is 0 Å². The second-order valence-corrected chi connectivity index (χ2v) is 5.39. The average molecular weight is 346 g/mol. The van der Waals surface area contributed by atoms with E-state index in [1.165, 1.54) is 6.21 Å². The quantitative estimate of drug-likeness (QED) is 0.506. The molecule has 0 fully saturated rings. The van der Waals surface area contributed by atoms with Gasteiger partial charge in [-0.1, -0.05) is 70.7 Å². The third-order valence-electron chi connectivity index (χ3n) is 2.40. The van der Waals surface area contributed by atoms with Crippen molar-refractivity contribution >= 4 is 57.8 Å². The van der Waals surface area contributed by atoms with Crippen LogP contribution in [0.2, 0.25) is 15.1 Å². The molecule has 0 aliphatic rings. The highest BCUT2D eigenvalue weighted by atomic mass is 35.5. The monoisotopic (exact) mass is 344 g/mol. The fourth-order valence-corrected chi connectivity index (χ4v) is 2.37. The van der Waals surface area contributed by atoms with Gasteiger partial charge in [-0.15, -0.1) is 5.10 Å². The molecule has 0 N–H and O–H groups in total. The van der Waals surface area contributed by atoms with Gasteiger partial charge in [0.25, 0.3) is 0 Å². The SMILES string of the molecule is ClC(=NN=Cc1ccc(Cl)cc1Cl)c1ccccc1Cl. The molecule has 0 radical (unpaired) electrons. The Morgan fingerprint density at radius 1 is 0.950 bits per heavy atom. The second kappa shape index (κ2) is 7.09. The molecule has 0 aromatic heterocycles. The molecule has 2 nitrogen and oxygen atoms in total. The lowest BCUT2D eigenvalue weighted by atomic mass is 10.2. The van der Waals surface area contributed by atoms with Crippen LogP contribution in [0, 0.1) is 0 Å². The first kappa shape index (κ1) is 15.3. The highest BCUT2D eigenvalue weighted by molar-refractivity contribution is 6.70. The molecule has 2 aromatic rings. The lowest BCUT2D eigenvalue weighted by Gasteiger charge is -1.99. The predicted octanol–water partition coefficient (Wildman–Crippen LogP) is 5.67. The van der Waals surface area contributed by atoms with Crippen LogP contribution in [-0.2, 0) is 0 Å². The van der Waals surface area contributed by atoms with Crippen LogP contribution in [0.15, 0.2) is 52.7 Å². The molecular formula is C14H8Cl4N2. The normalized spacial score (nSPS) is 12.1. The van der Waals surface area contributed by atoms with Crippen molar-refractivity contribution in [3.05, 3.63) is 68.7 Å². The van der Waals surface area contributed by atoms with E-state index in [1.54, 1.807) is 30.3 Å².